The van der Waals surface area contributed by atoms with Crippen LogP contribution < -0.4 is 0 Å². The molecule has 6 aromatic rings. The summed E-state index contributed by atoms with van der Waals surface area (Å²) in [6.45, 7) is 15.1. The van der Waals surface area contributed by atoms with Crippen molar-refractivity contribution in [3.8, 4) is 50.6 Å². The van der Waals surface area contributed by atoms with Crippen LogP contribution in [0.2, 0.25) is 0 Å². The zero-order valence-electron chi connectivity index (χ0n) is 26.9. The van der Waals surface area contributed by atoms with E-state index in [1.165, 1.54) is 11.1 Å². The fraction of sp³-hybridized carbons (Fsp3) is 0.256. The Morgan fingerprint density at radius 3 is 2.09 bits per heavy atom. The lowest BCUT2D eigenvalue weighted by Gasteiger charge is -2.27. The summed E-state index contributed by atoms with van der Waals surface area (Å²) in [5, 5.41) is 11.6. The molecule has 0 aliphatic heterocycles. The molecule has 0 spiro atoms. The lowest BCUT2D eigenvalue weighted by Crippen LogP contribution is -2.17. The number of hydrogen-bond donors (Lipinski definition) is 1. The predicted octanol–water partition coefficient (Wildman–Crippen LogP) is 9.64. The number of imidazole rings is 1. The van der Waals surface area contributed by atoms with Crippen molar-refractivity contribution in [2.75, 3.05) is 0 Å². The Balaban J connectivity index is 1.49. The highest BCUT2D eigenvalue weighted by atomic mass is 16.3. The van der Waals surface area contributed by atoms with E-state index in [1.807, 2.05) is 36.1 Å². The van der Waals surface area contributed by atoms with Crippen molar-refractivity contribution < 1.29 is 5.11 Å². The number of pyridine rings is 2. The zero-order valence-corrected chi connectivity index (χ0v) is 26.9. The SMILES string of the molecule is Cc1cnc(-c2cccc(-c3ccnc4c3nc(-c3cc(C(C)(C)C)cc(C(C)(C)C)c3O)n4C)c2)cc1-c1ccccc1. The van der Waals surface area contributed by atoms with Crippen molar-refractivity contribution in [3.05, 3.63) is 108 Å². The molecular weight excluding hydrogens is 540 g/mol. The maximum absolute atomic E-state index is 11.6. The standard InChI is InChI=1S/C39H40N4O/c1-24-23-41-33(22-30(24)25-13-10-9-11-14-25)27-16-12-15-26(19-27)29-17-18-40-37-34(29)42-36(43(37)8)31-20-28(38(2,3)4)21-32(35(31)44)39(5,6)7/h9-23,44H,1-8H3. The van der Waals surface area contributed by atoms with E-state index in [0.29, 0.717) is 5.82 Å². The van der Waals surface area contributed by atoms with E-state index in [4.69, 9.17) is 15.0 Å². The first kappa shape index (κ1) is 29.3. The Bertz CT molecular complexity index is 2010. The third kappa shape index (κ3) is 5.28. The van der Waals surface area contributed by atoms with Crippen LogP contribution in [-0.4, -0.2) is 24.6 Å². The van der Waals surface area contributed by atoms with E-state index >= 15 is 0 Å². The molecule has 0 aliphatic carbocycles. The Hall–Kier alpha value is -4.77. The molecule has 0 bridgehead atoms. The minimum Gasteiger partial charge on any atom is -0.507 e. The highest BCUT2D eigenvalue weighted by molar-refractivity contribution is 5.93. The van der Waals surface area contributed by atoms with Gasteiger partial charge in [-0.25, -0.2) is 9.97 Å². The minimum absolute atomic E-state index is 0.0960. The Morgan fingerprint density at radius 1 is 0.682 bits per heavy atom. The van der Waals surface area contributed by atoms with Crippen LogP contribution in [-0.2, 0) is 17.9 Å². The molecule has 3 heterocycles. The average Bonchev–Trinajstić information content (AvgIpc) is 3.33. The first-order valence-corrected chi connectivity index (χ1v) is 15.2. The molecule has 3 aromatic carbocycles. The summed E-state index contributed by atoms with van der Waals surface area (Å²) < 4.78 is 1.99. The molecule has 0 unspecified atom stereocenters. The number of aromatic hydroxyl groups is 1. The van der Waals surface area contributed by atoms with Crippen LogP contribution in [0.4, 0.5) is 0 Å². The van der Waals surface area contributed by atoms with E-state index in [1.54, 1.807) is 0 Å². The number of aryl methyl sites for hydroxylation is 2. The quantitative estimate of drug-likeness (QED) is 0.225. The molecule has 0 fully saturated rings. The number of aromatic nitrogens is 4. The van der Waals surface area contributed by atoms with Gasteiger partial charge in [-0.15, -0.1) is 0 Å². The fourth-order valence-corrected chi connectivity index (χ4v) is 5.82. The lowest BCUT2D eigenvalue weighted by atomic mass is 9.79. The van der Waals surface area contributed by atoms with Gasteiger partial charge < -0.3 is 9.67 Å². The number of hydrogen-bond acceptors (Lipinski definition) is 4. The van der Waals surface area contributed by atoms with Crippen LogP contribution in [0.15, 0.2) is 91.3 Å². The molecule has 0 radical (unpaired) electrons. The molecule has 0 atom stereocenters. The van der Waals surface area contributed by atoms with Crippen molar-refractivity contribution in [2.24, 2.45) is 7.05 Å². The van der Waals surface area contributed by atoms with Crippen LogP contribution in [0.1, 0.15) is 58.2 Å². The van der Waals surface area contributed by atoms with Crippen molar-refractivity contribution in [1.29, 1.82) is 0 Å². The second-order valence-corrected chi connectivity index (χ2v) is 13.8. The van der Waals surface area contributed by atoms with Gasteiger partial charge in [0.1, 0.15) is 17.1 Å². The topological polar surface area (TPSA) is 63.8 Å². The molecule has 0 saturated carbocycles. The first-order chi connectivity index (χ1) is 20.8. The molecule has 1 N–H and O–H groups in total. The number of nitrogens with zero attached hydrogens (tertiary/aromatic N) is 4. The molecule has 0 saturated heterocycles. The van der Waals surface area contributed by atoms with Gasteiger partial charge in [-0.3, -0.25) is 4.98 Å². The summed E-state index contributed by atoms with van der Waals surface area (Å²) >= 11 is 0. The van der Waals surface area contributed by atoms with Gasteiger partial charge in [0.25, 0.3) is 0 Å². The summed E-state index contributed by atoms with van der Waals surface area (Å²) in [5.41, 5.74) is 11.5. The molecule has 5 heteroatoms. The van der Waals surface area contributed by atoms with Gasteiger partial charge in [0.05, 0.1) is 11.3 Å². The van der Waals surface area contributed by atoms with E-state index < -0.39 is 0 Å². The number of phenolic OH excluding ortho intramolecular Hbond substituents is 1. The van der Waals surface area contributed by atoms with Crippen LogP contribution in [0.3, 0.4) is 0 Å². The summed E-state index contributed by atoms with van der Waals surface area (Å²) in [5.74, 6) is 0.963. The first-order valence-electron chi connectivity index (χ1n) is 15.2. The van der Waals surface area contributed by atoms with Gasteiger partial charge in [-0.1, -0.05) is 96.1 Å². The Labute approximate surface area is 260 Å². The summed E-state index contributed by atoms with van der Waals surface area (Å²) in [4.78, 5) is 14.7. The summed E-state index contributed by atoms with van der Waals surface area (Å²) in [6.07, 6.45) is 3.78. The van der Waals surface area contributed by atoms with Crippen molar-refractivity contribution in [2.45, 2.75) is 59.3 Å². The zero-order chi connectivity index (χ0) is 31.4. The van der Waals surface area contributed by atoms with E-state index in [-0.39, 0.29) is 16.6 Å². The summed E-state index contributed by atoms with van der Waals surface area (Å²) in [6, 6.07) is 27.3. The van der Waals surface area contributed by atoms with Gasteiger partial charge in [0.15, 0.2) is 5.65 Å². The second-order valence-electron chi connectivity index (χ2n) is 13.8. The predicted molar refractivity (Wildman–Crippen MR) is 182 cm³/mol. The normalized spacial score (nSPS) is 12.2. The smallest absolute Gasteiger partial charge is 0.160 e. The van der Waals surface area contributed by atoms with Crippen LogP contribution in [0, 0.1) is 6.92 Å². The summed E-state index contributed by atoms with van der Waals surface area (Å²) in [7, 11) is 1.97. The molecule has 0 aliphatic rings. The van der Waals surface area contributed by atoms with E-state index in [0.717, 1.165) is 55.8 Å². The Morgan fingerprint density at radius 2 is 1.39 bits per heavy atom. The van der Waals surface area contributed by atoms with Gasteiger partial charge in [0.2, 0.25) is 0 Å². The van der Waals surface area contributed by atoms with Crippen LogP contribution >= 0.6 is 0 Å². The molecule has 5 nitrogen and oxygen atoms in total. The van der Waals surface area contributed by atoms with E-state index in [9.17, 15) is 5.11 Å². The third-order valence-electron chi connectivity index (χ3n) is 8.44. The fourth-order valence-electron chi connectivity index (χ4n) is 5.82. The van der Waals surface area contributed by atoms with Crippen LogP contribution in [0.5, 0.6) is 5.75 Å². The van der Waals surface area contributed by atoms with Crippen LogP contribution in [0.25, 0.3) is 56.1 Å². The average molecular weight is 581 g/mol. The monoisotopic (exact) mass is 580 g/mol. The van der Waals surface area contributed by atoms with Gasteiger partial charge >= 0.3 is 0 Å². The van der Waals surface area contributed by atoms with E-state index in [2.05, 4.69) is 115 Å². The maximum atomic E-state index is 11.6. The second kappa shape index (κ2) is 10.7. The molecular formula is C39H40N4O. The van der Waals surface area contributed by atoms with Crippen molar-refractivity contribution in [1.82, 2.24) is 19.5 Å². The molecule has 44 heavy (non-hydrogen) atoms. The maximum Gasteiger partial charge on any atom is 0.160 e. The van der Waals surface area contributed by atoms with Gasteiger partial charge in [-0.05, 0) is 69.8 Å². The minimum atomic E-state index is -0.237. The number of phenols is 1. The van der Waals surface area contributed by atoms with Gasteiger partial charge in [-0.2, -0.15) is 0 Å². The Kier molecular flexibility index (Phi) is 7.16. The molecule has 222 valence electrons. The highest BCUT2D eigenvalue weighted by Gasteiger charge is 2.27. The number of rotatable bonds is 4. The molecule has 6 rings (SSSR count). The molecule has 0 amide bonds. The third-order valence-corrected chi connectivity index (χ3v) is 8.44. The van der Waals surface area contributed by atoms with Crippen molar-refractivity contribution in [3.63, 3.8) is 0 Å². The van der Waals surface area contributed by atoms with Crippen molar-refractivity contribution >= 4 is 11.2 Å². The molecule has 3 aromatic heterocycles. The number of fused-ring (bicyclic) bond motifs is 1. The largest absolute Gasteiger partial charge is 0.507 e. The highest BCUT2D eigenvalue weighted by Crippen LogP contribution is 2.43. The number of benzene rings is 3. The van der Waals surface area contributed by atoms with Gasteiger partial charge in [0, 0.05) is 36.1 Å². The lowest BCUT2D eigenvalue weighted by molar-refractivity contribution is 0.446.